The van der Waals surface area contributed by atoms with Gasteiger partial charge in [-0.2, -0.15) is 5.10 Å². The van der Waals surface area contributed by atoms with Crippen molar-refractivity contribution in [1.29, 1.82) is 0 Å². The molecule has 0 amide bonds. The maximum atomic E-state index is 11.3. The molecular weight excluding hydrogens is 376 g/mol. The van der Waals surface area contributed by atoms with Crippen molar-refractivity contribution in [2.75, 3.05) is 6.61 Å². The molecule has 0 saturated heterocycles. The van der Waals surface area contributed by atoms with Crippen molar-refractivity contribution in [2.45, 2.75) is 70.8 Å². The molecule has 0 radical (unpaired) electrons. The largest absolute Gasteiger partial charge is 0.483 e. The molecule has 1 heterocycles. The van der Waals surface area contributed by atoms with Crippen LogP contribution in [0.2, 0.25) is 0 Å². The highest BCUT2D eigenvalue weighted by Gasteiger charge is 2.26. The van der Waals surface area contributed by atoms with Crippen molar-refractivity contribution in [2.24, 2.45) is 10.9 Å². The molecule has 6 heteroatoms. The number of carbonyl (C=O) groups is 1. The first-order valence-electron chi connectivity index (χ1n) is 9.97. The summed E-state index contributed by atoms with van der Waals surface area (Å²) in [5, 5.41) is 3.56. The second-order valence-electron chi connectivity index (χ2n) is 7.25. The number of ether oxygens (including phenoxy) is 2. The van der Waals surface area contributed by atoms with Gasteiger partial charge in [0.15, 0.2) is 0 Å². The minimum atomic E-state index is -0.250. The van der Waals surface area contributed by atoms with Crippen LogP contribution in [0.15, 0.2) is 29.4 Å². The lowest BCUT2D eigenvalue weighted by Gasteiger charge is -2.32. The first-order chi connectivity index (χ1) is 13.1. The Morgan fingerprint density at radius 3 is 2.64 bits per heavy atom. The van der Waals surface area contributed by atoms with Gasteiger partial charge in [-0.3, -0.25) is 4.79 Å². The van der Waals surface area contributed by atoms with Crippen LogP contribution >= 0.6 is 12.4 Å². The summed E-state index contributed by atoms with van der Waals surface area (Å²) in [7, 11) is 0. The topological polar surface area (TPSA) is 73.9 Å². The molecule has 1 aromatic rings. The molecular formula is C22H33ClN2O3. The first-order valence-corrected chi connectivity index (χ1v) is 9.97. The van der Waals surface area contributed by atoms with Crippen molar-refractivity contribution in [3.63, 3.8) is 0 Å². The third-order valence-electron chi connectivity index (χ3n) is 4.83. The van der Waals surface area contributed by atoms with Crippen LogP contribution in [0.5, 0.6) is 5.75 Å². The number of esters is 1. The number of unbranched alkanes of at least 4 members (excludes halogenated alkanes) is 5. The SMILES string of the molecule is CCOC(=O)CCCCCCCCC1(C)C=Cc2cc(/C=N\N)ccc2O1.Cl. The normalized spacial score (nSPS) is 17.6. The van der Waals surface area contributed by atoms with E-state index >= 15 is 0 Å². The van der Waals surface area contributed by atoms with Crippen molar-refractivity contribution in [3.05, 3.63) is 35.4 Å². The van der Waals surface area contributed by atoms with Gasteiger partial charge in [0.2, 0.25) is 0 Å². The molecule has 1 aliphatic heterocycles. The Bertz CT molecular complexity index is 676. The predicted octanol–water partition coefficient (Wildman–Crippen LogP) is 5.25. The minimum Gasteiger partial charge on any atom is -0.483 e. The highest BCUT2D eigenvalue weighted by molar-refractivity contribution is 5.85. The van der Waals surface area contributed by atoms with E-state index in [1.165, 1.54) is 19.3 Å². The average molecular weight is 409 g/mol. The van der Waals surface area contributed by atoms with E-state index in [-0.39, 0.29) is 24.0 Å². The Morgan fingerprint density at radius 1 is 1.21 bits per heavy atom. The first kappa shape index (κ1) is 24.0. The molecule has 0 bridgehead atoms. The van der Waals surface area contributed by atoms with Crippen molar-refractivity contribution in [3.8, 4) is 5.75 Å². The standard InChI is InChI=1S/C22H32N2O3.ClH/c1-3-26-21(25)10-8-6-4-5-7-9-14-22(2)15-13-19-16-18(17-24-23)11-12-20(19)27-22;/h11-13,15-17H,3-10,14,23H2,1-2H3;1H/b24-17-;. The van der Waals surface area contributed by atoms with Crippen LogP contribution in [-0.4, -0.2) is 24.4 Å². The summed E-state index contributed by atoms with van der Waals surface area (Å²) in [6.45, 7) is 4.46. The van der Waals surface area contributed by atoms with Gasteiger partial charge in [-0.15, -0.1) is 12.4 Å². The molecule has 0 aliphatic carbocycles. The Kier molecular flexibility index (Phi) is 10.7. The number of carbonyl (C=O) groups excluding carboxylic acids is 1. The molecule has 0 aromatic heterocycles. The highest BCUT2D eigenvalue weighted by Crippen LogP contribution is 2.34. The van der Waals surface area contributed by atoms with Gasteiger partial charge in [0.25, 0.3) is 0 Å². The van der Waals surface area contributed by atoms with Crippen LogP contribution in [0, 0.1) is 0 Å². The fourth-order valence-electron chi connectivity index (χ4n) is 3.33. The number of nitrogens with zero attached hydrogens (tertiary/aromatic N) is 1. The van der Waals surface area contributed by atoms with Crippen LogP contribution < -0.4 is 10.6 Å². The molecule has 2 N–H and O–H groups in total. The summed E-state index contributed by atoms with van der Waals surface area (Å²) in [6.07, 6.45) is 14.2. The van der Waals surface area contributed by atoms with Gasteiger partial charge in [0.1, 0.15) is 11.4 Å². The van der Waals surface area contributed by atoms with Gasteiger partial charge < -0.3 is 15.3 Å². The zero-order valence-electron chi connectivity index (χ0n) is 17.0. The van der Waals surface area contributed by atoms with Crippen LogP contribution in [0.1, 0.15) is 76.3 Å². The van der Waals surface area contributed by atoms with E-state index in [4.69, 9.17) is 15.3 Å². The third kappa shape index (κ3) is 7.93. The Labute approximate surface area is 174 Å². The molecule has 1 unspecified atom stereocenters. The number of halogens is 1. The number of hydrogen-bond acceptors (Lipinski definition) is 5. The molecule has 2 rings (SSSR count). The molecule has 1 atom stereocenters. The smallest absolute Gasteiger partial charge is 0.305 e. The molecule has 5 nitrogen and oxygen atoms in total. The lowest BCUT2D eigenvalue weighted by atomic mass is 9.93. The van der Waals surface area contributed by atoms with E-state index in [1.54, 1.807) is 6.21 Å². The van der Waals surface area contributed by atoms with Crippen LogP contribution in [0.25, 0.3) is 6.08 Å². The Morgan fingerprint density at radius 2 is 1.93 bits per heavy atom. The summed E-state index contributed by atoms with van der Waals surface area (Å²) in [5.41, 5.74) is 1.78. The van der Waals surface area contributed by atoms with E-state index in [0.29, 0.717) is 13.0 Å². The highest BCUT2D eigenvalue weighted by atomic mass is 35.5. The zero-order valence-corrected chi connectivity index (χ0v) is 17.8. The maximum absolute atomic E-state index is 11.3. The molecule has 1 aromatic carbocycles. The Hall–Kier alpha value is -2.01. The van der Waals surface area contributed by atoms with Crippen LogP contribution in [0.3, 0.4) is 0 Å². The van der Waals surface area contributed by atoms with Crippen molar-refractivity contribution >= 4 is 30.7 Å². The number of hydrazone groups is 1. The molecule has 1 aliphatic rings. The second-order valence-corrected chi connectivity index (χ2v) is 7.25. The lowest BCUT2D eigenvalue weighted by Crippen LogP contribution is -2.31. The van der Waals surface area contributed by atoms with Gasteiger partial charge in [-0.1, -0.05) is 31.8 Å². The predicted molar refractivity (Wildman–Crippen MR) is 117 cm³/mol. The van der Waals surface area contributed by atoms with E-state index in [0.717, 1.165) is 42.6 Å². The van der Waals surface area contributed by atoms with E-state index in [9.17, 15) is 4.79 Å². The second kappa shape index (κ2) is 12.4. The van der Waals surface area contributed by atoms with Crippen molar-refractivity contribution in [1.82, 2.24) is 0 Å². The van der Waals surface area contributed by atoms with Gasteiger partial charge in [-0.05, 0) is 62.9 Å². The number of rotatable bonds is 11. The van der Waals surface area contributed by atoms with Crippen molar-refractivity contribution < 1.29 is 14.3 Å². The number of benzene rings is 1. The van der Waals surface area contributed by atoms with Crippen LogP contribution in [0.4, 0.5) is 0 Å². The summed E-state index contributed by atoms with van der Waals surface area (Å²) >= 11 is 0. The Balaban J connectivity index is 0.00000392. The quantitative estimate of drug-likeness (QED) is 0.178. The fourth-order valence-corrected chi connectivity index (χ4v) is 3.33. The maximum Gasteiger partial charge on any atom is 0.305 e. The average Bonchev–Trinajstić information content (AvgIpc) is 2.64. The fraction of sp³-hybridized carbons (Fsp3) is 0.545. The van der Waals surface area contributed by atoms with E-state index in [2.05, 4.69) is 24.2 Å². The zero-order chi connectivity index (χ0) is 19.5. The van der Waals surface area contributed by atoms with Gasteiger partial charge >= 0.3 is 5.97 Å². The minimum absolute atomic E-state index is 0. The lowest BCUT2D eigenvalue weighted by molar-refractivity contribution is -0.143. The summed E-state index contributed by atoms with van der Waals surface area (Å²) in [5.74, 6) is 6.05. The molecule has 156 valence electrons. The van der Waals surface area contributed by atoms with Gasteiger partial charge in [-0.25, -0.2) is 0 Å². The number of nitrogens with two attached hydrogens (primary N) is 1. The van der Waals surface area contributed by atoms with E-state index in [1.807, 2.05) is 25.1 Å². The summed E-state index contributed by atoms with van der Waals surface area (Å²) < 4.78 is 11.2. The van der Waals surface area contributed by atoms with Gasteiger partial charge in [0.05, 0.1) is 12.8 Å². The molecule has 0 saturated carbocycles. The third-order valence-corrected chi connectivity index (χ3v) is 4.83. The monoisotopic (exact) mass is 408 g/mol. The molecule has 28 heavy (non-hydrogen) atoms. The van der Waals surface area contributed by atoms with Crippen LogP contribution in [-0.2, 0) is 9.53 Å². The summed E-state index contributed by atoms with van der Waals surface area (Å²) in [6, 6.07) is 5.97. The van der Waals surface area contributed by atoms with Gasteiger partial charge in [0, 0.05) is 12.0 Å². The van der Waals surface area contributed by atoms with E-state index < -0.39 is 0 Å². The molecule has 0 fully saturated rings. The summed E-state index contributed by atoms with van der Waals surface area (Å²) in [4.78, 5) is 11.3. The number of fused-ring (bicyclic) bond motifs is 1. The molecule has 0 spiro atoms. The number of hydrogen-bond donors (Lipinski definition) is 1.